The van der Waals surface area contributed by atoms with Crippen molar-refractivity contribution in [3.05, 3.63) is 75.8 Å². The zero-order valence-corrected chi connectivity index (χ0v) is 14.9. The van der Waals surface area contributed by atoms with Crippen LogP contribution in [0.4, 0.5) is 10.1 Å². The number of hydrogen-bond acceptors (Lipinski definition) is 4. The highest BCUT2D eigenvalue weighted by molar-refractivity contribution is 7.17. The summed E-state index contributed by atoms with van der Waals surface area (Å²) in [6, 6.07) is 12.8. The number of methoxy groups -OCH3 is 1. The van der Waals surface area contributed by atoms with Crippen molar-refractivity contribution in [1.29, 1.82) is 0 Å². The minimum absolute atomic E-state index is 0.169. The predicted molar refractivity (Wildman–Crippen MR) is 100 cm³/mol. The quantitative estimate of drug-likeness (QED) is 0.719. The second-order valence-electron chi connectivity index (χ2n) is 5.54. The summed E-state index contributed by atoms with van der Waals surface area (Å²) in [6.07, 6.45) is 1.57. The van der Waals surface area contributed by atoms with Crippen LogP contribution in [0.15, 0.2) is 59.5 Å². The molecular formula is C19H17FN2O3S. The van der Waals surface area contributed by atoms with Crippen LogP contribution in [0.25, 0.3) is 10.4 Å². The Morgan fingerprint density at radius 3 is 2.77 bits per heavy atom. The summed E-state index contributed by atoms with van der Waals surface area (Å²) in [7, 11) is 1.56. The molecule has 0 unspecified atom stereocenters. The van der Waals surface area contributed by atoms with Gasteiger partial charge in [-0.15, -0.1) is 11.3 Å². The van der Waals surface area contributed by atoms with Gasteiger partial charge in [-0.2, -0.15) is 0 Å². The van der Waals surface area contributed by atoms with E-state index in [0.29, 0.717) is 34.2 Å². The molecule has 3 aromatic rings. The highest BCUT2D eigenvalue weighted by Crippen LogP contribution is 2.30. The van der Waals surface area contributed by atoms with E-state index < -0.39 is 0 Å². The van der Waals surface area contributed by atoms with Crippen molar-refractivity contribution in [2.45, 2.75) is 6.54 Å². The maximum Gasteiger partial charge on any atom is 0.265 e. The summed E-state index contributed by atoms with van der Waals surface area (Å²) < 4.78 is 20.3. The molecule has 1 amide bonds. The molecule has 0 radical (unpaired) electrons. The summed E-state index contributed by atoms with van der Waals surface area (Å²) >= 11 is 1.21. The van der Waals surface area contributed by atoms with Gasteiger partial charge in [0.2, 0.25) is 0 Å². The molecule has 0 saturated heterocycles. The number of nitrogens with zero attached hydrogens (tertiary/aromatic N) is 1. The average Bonchev–Trinajstić information content (AvgIpc) is 3.12. The van der Waals surface area contributed by atoms with Crippen molar-refractivity contribution in [3.63, 3.8) is 0 Å². The Kier molecular flexibility index (Phi) is 5.60. The van der Waals surface area contributed by atoms with Crippen molar-refractivity contribution in [1.82, 2.24) is 4.57 Å². The minimum atomic E-state index is -0.327. The van der Waals surface area contributed by atoms with Crippen LogP contribution in [-0.4, -0.2) is 24.2 Å². The van der Waals surface area contributed by atoms with Crippen molar-refractivity contribution in [2.75, 3.05) is 19.0 Å². The first kappa shape index (κ1) is 18.0. The SMILES string of the molecule is COCCn1cc(NC(=O)c2ccc(-c3ccccc3F)s2)ccc1=O. The van der Waals surface area contributed by atoms with Gasteiger partial charge in [-0.1, -0.05) is 18.2 Å². The predicted octanol–water partition coefficient (Wildman–Crippen LogP) is 3.61. The molecule has 7 heteroatoms. The topological polar surface area (TPSA) is 60.3 Å². The van der Waals surface area contributed by atoms with Crippen molar-refractivity contribution in [2.24, 2.45) is 0 Å². The van der Waals surface area contributed by atoms with Crippen molar-refractivity contribution in [3.8, 4) is 10.4 Å². The van der Waals surface area contributed by atoms with E-state index in [1.807, 2.05) is 0 Å². The molecule has 2 aromatic heterocycles. The van der Waals surface area contributed by atoms with Gasteiger partial charge in [0.15, 0.2) is 0 Å². The van der Waals surface area contributed by atoms with E-state index in [1.54, 1.807) is 49.7 Å². The molecule has 26 heavy (non-hydrogen) atoms. The van der Waals surface area contributed by atoms with Crippen LogP contribution in [0.5, 0.6) is 0 Å². The maximum absolute atomic E-state index is 13.9. The molecule has 0 aliphatic heterocycles. The number of carbonyl (C=O) groups excluding carboxylic acids is 1. The van der Waals surface area contributed by atoms with Gasteiger partial charge in [0.1, 0.15) is 5.82 Å². The lowest BCUT2D eigenvalue weighted by molar-refractivity contribution is 0.103. The van der Waals surface area contributed by atoms with Gasteiger partial charge in [0, 0.05) is 36.4 Å². The number of benzene rings is 1. The number of amides is 1. The fourth-order valence-corrected chi connectivity index (χ4v) is 3.36. The van der Waals surface area contributed by atoms with E-state index >= 15 is 0 Å². The lowest BCUT2D eigenvalue weighted by atomic mass is 10.2. The van der Waals surface area contributed by atoms with Gasteiger partial charge in [0.25, 0.3) is 11.5 Å². The Bertz CT molecular complexity index is 981. The van der Waals surface area contributed by atoms with Crippen LogP contribution >= 0.6 is 11.3 Å². The van der Waals surface area contributed by atoms with E-state index in [9.17, 15) is 14.0 Å². The maximum atomic E-state index is 13.9. The Morgan fingerprint density at radius 1 is 1.19 bits per heavy atom. The molecule has 0 aliphatic carbocycles. The zero-order chi connectivity index (χ0) is 18.5. The van der Waals surface area contributed by atoms with Gasteiger partial charge >= 0.3 is 0 Å². The number of ether oxygens (including phenoxy) is 1. The number of halogens is 1. The van der Waals surface area contributed by atoms with E-state index in [1.165, 1.54) is 28.0 Å². The highest BCUT2D eigenvalue weighted by Gasteiger charge is 2.13. The van der Waals surface area contributed by atoms with Gasteiger partial charge in [-0.3, -0.25) is 9.59 Å². The van der Waals surface area contributed by atoms with Crippen LogP contribution in [-0.2, 0) is 11.3 Å². The molecule has 1 aromatic carbocycles. The van der Waals surface area contributed by atoms with Crippen LogP contribution < -0.4 is 10.9 Å². The number of aromatic nitrogens is 1. The number of carbonyl (C=O) groups is 1. The van der Waals surface area contributed by atoms with Crippen LogP contribution in [0.2, 0.25) is 0 Å². The fraction of sp³-hybridized carbons (Fsp3) is 0.158. The van der Waals surface area contributed by atoms with Gasteiger partial charge in [-0.25, -0.2) is 4.39 Å². The summed E-state index contributed by atoms with van der Waals surface area (Å²) in [5, 5.41) is 2.76. The van der Waals surface area contributed by atoms with Gasteiger partial charge < -0.3 is 14.6 Å². The third-order valence-electron chi connectivity index (χ3n) is 3.75. The second-order valence-corrected chi connectivity index (χ2v) is 6.62. The van der Waals surface area contributed by atoms with E-state index in [4.69, 9.17) is 4.74 Å². The van der Waals surface area contributed by atoms with Crippen LogP contribution in [0.1, 0.15) is 9.67 Å². The molecule has 2 heterocycles. The Hall–Kier alpha value is -2.77. The number of pyridine rings is 1. The molecule has 3 rings (SSSR count). The third-order valence-corrected chi connectivity index (χ3v) is 4.86. The fourth-order valence-electron chi connectivity index (χ4n) is 2.43. The van der Waals surface area contributed by atoms with Crippen molar-refractivity contribution >= 4 is 22.9 Å². The largest absolute Gasteiger partial charge is 0.383 e. The molecule has 0 saturated carbocycles. The van der Waals surface area contributed by atoms with E-state index in [0.717, 1.165) is 0 Å². The Balaban J connectivity index is 1.77. The smallest absolute Gasteiger partial charge is 0.265 e. The number of hydrogen-bond donors (Lipinski definition) is 1. The van der Waals surface area contributed by atoms with E-state index in [-0.39, 0.29) is 17.3 Å². The first-order valence-corrected chi connectivity index (χ1v) is 8.75. The lowest BCUT2D eigenvalue weighted by Crippen LogP contribution is -2.22. The zero-order valence-electron chi connectivity index (χ0n) is 14.1. The molecule has 5 nitrogen and oxygen atoms in total. The average molecular weight is 372 g/mol. The van der Waals surface area contributed by atoms with Gasteiger partial charge in [0.05, 0.1) is 17.2 Å². The summed E-state index contributed by atoms with van der Waals surface area (Å²) in [4.78, 5) is 25.4. The molecule has 0 aliphatic rings. The molecule has 134 valence electrons. The molecule has 0 spiro atoms. The highest BCUT2D eigenvalue weighted by atomic mass is 32.1. The number of rotatable bonds is 6. The van der Waals surface area contributed by atoms with Gasteiger partial charge in [-0.05, 0) is 24.3 Å². The van der Waals surface area contributed by atoms with Crippen LogP contribution in [0, 0.1) is 5.82 Å². The Morgan fingerprint density at radius 2 is 2.00 bits per heavy atom. The Labute approximate surface area is 153 Å². The summed E-state index contributed by atoms with van der Waals surface area (Å²) in [6.45, 7) is 0.795. The molecular weight excluding hydrogens is 355 g/mol. The molecule has 0 atom stereocenters. The summed E-state index contributed by atoms with van der Waals surface area (Å²) in [5.74, 6) is -0.638. The number of nitrogens with one attached hydrogen (secondary N) is 1. The normalized spacial score (nSPS) is 10.7. The first-order valence-electron chi connectivity index (χ1n) is 7.94. The third kappa shape index (κ3) is 4.07. The molecule has 1 N–H and O–H groups in total. The molecule has 0 fully saturated rings. The standard InChI is InChI=1S/C19H17FN2O3S/c1-25-11-10-22-12-13(6-9-18(22)23)21-19(24)17-8-7-16(26-17)14-4-2-3-5-15(14)20/h2-9,12H,10-11H2,1H3,(H,21,24). The number of anilines is 1. The minimum Gasteiger partial charge on any atom is -0.383 e. The van der Waals surface area contributed by atoms with E-state index in [2.05, 4.69) is 5.32 Å². The first-order chi connectivity index (χ1) is 12.6. The molecule has 0 bridgehead atoms. The lowest BCUT2D eigenvalue weighted by Gasteiger charge is -2.08. The van der Waals surface area contributed by atoms with Crippen molar-refractivity contribution < 1.29 is 13.9 Å². The second kappa shape index (κ2) is 8.07. The van der Waals surface area contributed by atoms with Crippen LogP contribution in [0.3, 0.4) is 0 Å². The number of thiophene rings is 1. The summed E-state index contributed by atoms with van der Waals surface area (Å²) in [5.41, 5.74) is 0.800. The monoisotopic (exact) mass is 372 g/mol.